The molecule has 0 saturated carbocycles. The summed E-state index contributed by atoms with van der Waals surface area (Å²) in [6.45, 7) is 15.6. The fourth-order valence-electron chi connectivity index (χ4n) is 14.5. The van der Waals surface area contributed by atoms with Crippen LogP contribution < -0.4 is 49.3 Å². The monoisotopic (exact) mass is 1780 g/mol. The number of likely N-dealkylation sites (N-methyl/N-ethyl adjacent to an activating group) is 1. The molecule has 10 N–H and O–H groups in total. The fourth-order valence-corrected chi connectivity index (χ4v) is 14.5. The Hall–Kier alpha value is -13.2. The number of hydrogen-bond donors (Lipinski definition) is 10. The molecule has 0 amide bonds. The van der Waals surface area contributed by atoms with E-state index in [1.165, 1.54) is 18.3 Å². The highest BCUT2D eigenvalue weighted by Crippen LogP contribution is 2.22. The second-order valence-electron chi connectivity index (χ2n) is 32.8. The van der Waals surface area contributed by atoms with Crippen LogP contribution in [0.15, 0.2) is 307 Å². The van der Waals surface area contributed by atoms with Gasteiger partial charge in [0.1, 0.15) is 11.5 Å². The molecular formula is C104H124N10O17. The largest absolute Gasteiger partial charge is 0.503 e. The van der Waals surface area contributed by atoms with Crippen LogP contribution in [0.1, 0.15) is 152 Å². The molecule has 0 spiro atoms. The number of hydrogen-bond acceptors (Lipinski definition) is 21. The summed E-state index contributed by atoms with van der Waals surface area (Å²) >= 11 is 0. The summed E-state index contributed by atoms with van der Waals surface area (Å²) in [5.74, 6) is -0.265. The fraction of sp³-hybridized carbons (Fsp3) is 0.327. The molecule has 0 radical (unpaired) electrons. The molecule has 15 rings (SSSR count). The molecule has 6 aromatic carbocycles. The number of aromatic hydroxyl groups is 6. The number of nitrogens with one attached hydrogen (secondary N) is 3. The lowest BCUT2D eigenvalue weighted by atomic mass is 10.1. The molecule has 1 atom stereocenters. The second-order valence-corrected chi connectivity index (χ2v) is 32.8. The lowest BCUT2D eigenvalue weighted by Crippen LogP contribution is -2.38. The normalized spacial score (nSPS) is 12.9. The first kappa shape index (κ1) is 99.9. The molecule has 0 aliphatic carbocycles. The van der Waals surface area contributed by atoms with Crippen molar-refractivity contribution in [2.24, 2.45) is 0 Å². The molecule has 0 bridgehead atoms. The summed E-state index contributed by atoms with van der Waals surface area (Å²) in [7, 11) is 1.90. The number of rotatable bonds is 35. The van der Waals surface area contributed by atoms with E-state index in [-0.39, 0.29) is 81.2 Å². The highest BCUT2D eigenvalue weighted by Gasteiger charge is 2.22. The summed E-state index contributed by atoms with van der Waals surface area (Å²) in [6.07, 6.45) is 22.2. The number of benzene rings is 6. The maximum absolute atomic E-state index is 12.4. The van der Waals surface area contributed by atoms with Gasteiger partial charge in [0.05, 0.1) is 71.4 Å². The van der Waals surface area contributed by atoms with Gasteiger partial charge in [0.2, 0.25) is 0 Å². The standard InChI is InChI=1S/C18H22N2O4.C18H22N2O3.C18H18N2O3.2C17H21NO2.C16H20N2O3/c1-19(13-16-23-9-10-24-16)12-15-7-8-20(18(22)17(15)21)11-14-5-3-2-4-6-14;2*21-17-15(11-19-12-16-7-4-10-23-16)8-9-20(18(17)22)13-14-5-2-1-3-6-14;2*1-2-3-5-10-15-11-12-18(17(20)16(15)19)13-14-8-6-4-7-9-14;1-16(2,21)17-10-13-8-9-18(15(20)14(13)19)11-12-6-4-3-5-7-12/h2-8,16,21H,9-13H2,1H3;1-3,5-6,8-9,16,19,21H,4,7,10-13H2;1-10,19,21H,11-13H2;2*4,6-9,11-12,19H,2-3,5,10,13H2,1H3;3-9,17,19,21H,10-11H2,1-2H3. The first-order valence-electron chi connectivity index (χ1n) is 44.6. The predicted octanol–water partition coefficient (Wildman–Crippen LogP) is 13.9. The molecule has 2 aliphatic rings. The van der Waals surface area contributed by atoms with Crippen molar-refractivity contribution >= 4 is 0 Å². The Balaban J connectivity index is 0.000000163. The topological polar surface area (TPSA) is 354 Å². The summed E-state index contributed by atoms with van der Waals surface area (Å²) in [6, 6.07) is 72.6. The van der Waals surface area contributed by atoms with Gasteiger partial charge in [-0.15, -0.1) is 0 Å². The molecule has 692 valence electrons. The van der Waals surface area contributed by atoms with Crippen molar-refractivity contribution < 1.29 is 54.4 Å². The van der Waals surface area contributed by atoms with Crippen LogP contribution >= 0.6 is 0 Å². The van der Waals surface area contributed by atoms with E-state index in [1.54, 1.807) is 90.7 Å². The van der Waals surface area contributed by atoms with Gasteiger partial charge in [0.25, 0.3) is 33.4 Å². The van der Waals surface area contributed by atoms with Gasteiger partial charge >= 0.3 is 0 Å². The quantitative estimate of drug-likeness (QED) is 0.0130. The van der Waals surface area contributed by atoms with Crippen molar-refractivity contribution in [3.05, 3.63) is 409 Å². The Kier molecular flexibility index (Phi) is 40.0. The van der Waals surface area contributed by atoms with Gasteiger partial charge in [0.15, 0.2) is 40.8 Å². The van der Waals surface area contributed by atoms with Crippen molar-refractivity contribution in [2.75, 3.05) is 40.0 Å². The van der Waals surface area contributed by atoms with E-state index < -0.39 is 11.3 Å². The number of pyridine rings is 6. The zero-order valence-corrected chi connectivity index (χ0v) is 75.4. The predicted molar refractivity (Wildman–Crippen MR) is 509 cm³/mol. The van der Waals surface area contributed by atoms with Crippen LogP contribution in [0.3, 0.4) is 0 Å². The second kappa shape index (κ2) is 52.4. The Bertz CT molecular complexity index is 5860. The first-order chi connectivity index (χ1) is 63.4. The average molecular weight is 1790 g/mol. The summed E-state index contributed by atoms with van der Waals surface area (Å²) in [4.78, 5) is 75.3. The zero-order valence-electron chi connectivity index (χ0n) is 75.4. The third-order valence-corrected chi connectivity index (χ3v) is 21.8. The van der Waals surface area contributed by atoms with Crippen LogP contribution in [0, 0.1) is 0 Å². The minimum absolute atomic E-state index is 0.0977. The van der Waals surface area contributed by atoms with Crippen LogP contribution in [0.5, 0.6) is 34.5 Å². The average Bonchev–Trinajstić information content (AvgIpc) is 1.73. The molecule has 7 aromatic heterocycles. The van der Waals surface area contributed by atoms with Crippen molar-refractivity contribution in [3.8, 4) is 34.5 Å². The Morgan fingerprint density at radius 3 is 0.992 bits per heavy atom. The van der Waals surface area contributed by atoms with Gasteiger partial charge in [-0.3, -0.25) is 39.0 Å². The van der Waals surface area contributed by atoms with Gasteiger partial charge in [-0.25, -0.2) is 0 Å². The Morgan fingerprint density at radius 1 is 0.366 bits per heavy atom. The summed E-state index contributed by atoms with van der Waals surface area (Å²) < 4.78 is 30.7. The molecule has 1 unspecified atom stereocenters. The molecule has 2 saturated heterocycles. The van der Waals surface area contributed by atoms with Crippen LogP contribution in [0.4, 0.5) is 0 Å². The van der Waals surface area contributed by atoms with E-state index in [0.29, 0.717) is 107 Å². The third-order valence-electron chi connectivity index (χ3n) is 21.8. The Labute approximate surface area is 763 Å². The number of nitrogens with zero attached hydrogens (tertiary/aromatic N) is 7. The number of aliphatic hydroxyl groups is 1. The zero-order chi connectivity index (χ0) is 93.3. The van der Waals surface area contributed by atoms with E-state index in [9.17, 15) is 64.5 Å². The molecule has 27 nitrogen and oxygen atoms in total. The molecule has 2 aliphatic heterocycles. The van der Waals surface area contributed by atoms with Crippen molar-refractivity contribution in [2.45, 2.75) is 182 Å². The van der Waals surface area contributed by atoms with Crippen molar-refractivity contribution in [1.82, 2.24) is 48.3 Å². The maximum atomic E-state index is 12.4. The number of furan rings is 1. The van der Waals surface area contributed by atoms with E-state index >= 15 is 0 Å². The molecule has 9 heterocycles. The molecule has 27 heteroatoms. The number of ether oxygens (including phenoxy) is 3. The maximum Gasteiger partial charge on any atom is 0.293 e. The number of aryl methyl sites for hydroxylation is 2. The highest BCUT2D eigenvalue weighted by molar-refractivity contribution is 5.36. The number of unbranched alkanes of at least 4 members (excludes halogenated alkanes) is 4. The van der Waals surface area contributed by atoms with Gasteiger partial charge in [-0.2, -0.15) is 0 Å². The van der Waals surface area contributed by atoms with E-state index in [4.69, 9.17) is 18.6 Å². The highest BCUT2D eigenvalue weighted by atomic mass is 16.7. The minimum Gasteiger partial charge on any atom is -0.503 e. The van der Waals surface area contributed by atoms with E-state index in [1.807, 2.05) is 218 Å². The van der Waals surface area contributed by atoms with Crippen LogP contribution in [0.2, 0.25) is 0 Å². The molecule has 131 heavy (non-hydrogen) atoms. The van der Waals surface area contributed by atoms with Crippen molar-refractivity contribution in [3.63, 3.8) is 0 Å². The van der Waals surface area contributed by atoms with Gasteiger partial charge in [0, 0.05) is 116 Å². The van der Waals surface area contributed by atoms with Gasteiger partial charge < -0.3 is 92.4 Å². The van der Waals surface area contributed by atoms with Crippen LogP contribution in [-0.4, -0.2) is 126 Å². The lowest BCUT2D eigenvalue weighted by Gasteiger charge is -2.20. The first-order valence-corrected chi connectivity index (χ1v) is 44.6. The summed E-state index contributed by atoms with van der Waals surface area (Å²) in [5, 5.41) is 79.4. The van der Waals surface area contributed by atoms with E-state index in [0.717, 1.165) is 128 Å². The molecule has 13 aromatic rings. The lowest BCUT2D eigenvalue weighted by molar-refractivity contribution is -0.0593. The number of aromatic nitrogens is 6. The molecular weight excluding hydrogens is 1660 g/mol. The third kappa shape index (κ3) is 32.4. The van der Waals surface area contributed by atoms with Crippen molar-refractivity contribution in [1.29, 1.82) is 0 Å². The molecule has 2 fully saturated rings. The van der Waals surface area contributed by atoms with Gasteiger partial charge in [-0.1, -0.05) is 222 Å². The smallest absolute Gasteiger partial charge is 0.293 e. The van der Waals surface area contributed by atoms with Crippen LogP contribution in [-0.2, 0) is 99.0 Å². The Morgan fingerprint density at radius 2 is 0.679 bits per heavy atom. The minimum atomic E-state index is -1.06. The van der Waals surface area contributed by atoms with Gasteiger partial charge in [-0.05, 0) is 141 Å². The van der Waals surface area contributed by atoms with E-state index in [2.05, 4.69) is 29.8 Å². The SMILES string of the molecule is CC(C)(O)NCc1ccn(Cc2ccccc2)c(=O)c1O.CCCCCc1ccn(Cc2ccccc2)c(=O)c1O.CCCCCc1ccn(Cc2ccccc2)c(=O)c1O.CN(Cc1ccn(Cc2ccccc2)c(=O)c1O)CC1OCCO1.O=c1c(O)c(CNCC2CCCO2)ccn1Cc1ccccc1.O=c1c(O)c(CNCc2ccco2)ccn1Cc1ccccc1. The van der Waals surface area contributed by atoms with Crippen LogP contribution in [0.25, 0.3) is 0 Å². The summed E-state index contributed by atoms with van der Waals surface area (Å²) in [5.41, 5.74) is 6.69.